The average Bonchev–Trinajstić information content (AvgIpc) is 3.39. The highest BCUT2D eigenvalue weighted by atomic mass is 16.4. The molecular formula is C22H26N4O3. The van der Waals surface area contributed by atoms with Crippen LogP contribution in [0.4, 0.5) is 10.5 Å². The van der Waals surface area contributed by atoms with Crippen molar-refractivity contribution < 1.29 is 13.6 Å². The van der Waals surface area contributed by atoms with Crippen LogP contribution in [0, 0.1) is 0 Å². The average molecular weight is 394 g/mol. The van der Waals surface area contributed by atoms with Crippen molar-refractivity contribution in [3.63, 3.8) is 0 Å². The Bertz CT molecular complexity index is 947. The summed E-state index contributed by atoms with van der Waals surface area (Å²) in [5.74, 6) is 1.25. The predicted molar refractivity (Wildman–Crippen MR) is 110 cm³/mol. The molecule has 0 atom stereocenters. The molecule has 3 heterocycles. The highest BCUT2D eigenvalue weighted by Gasteiger charge is 2.27. The minimum Gasteiger partial charge on any atom is -0.472 e. The van der Waals surface area contributed by atoms with Crippen molar-refractivity contribution >= 4 is 11.7 Å². The molecule has 1 saturated heterocycles. The Morgan fingerprint density at radius 3 is 2.45 bits per heavy atom. The van der Waals surface area contributed by atoms with Crippen LogP contribution in [0.5, 0.6) is 0 Å². The van der Waals surface area contributed by atoms with Gasteiger partial charge in [-0.1, -0.05) is 32.9 Å². The van der Waals surface area contributed by atoms with Gasteiger partial charge in [-0.15, -0.1) is 10.2 Å². The zero-order valence-corrected chi connectivity index (χ0v) is 17.0. The van der Waals surface area contributed by atoms with Crippen LogP contribution < -0.4 is 5.32 Å². The molecule has 1 fully saturated rings. The summed E-state index contributed by atoms with van der Waals surface area (Å²) in [6.07, 6.45) is 4.75. The highest BCUT2D eigenvalue weighted by Crippen LogP contribution is 2.30. The van der Waals surface area contributed by atoms with Gasteiger partial charge in [0.2, 0.25) is 5.89 Å². The van der Waals surface area contributed by atoms with E-state index in [1.807, 2.05) is 17.0 Å². The molecule has 2 aromatic heterocycles. The third-order valence-electron chi connectivity index (χ3n) is 5.34. The Kier molecular flexibility index (Phi) is 5.13. The van der Waals surface area contributed by atoms with Crippen molar-refractivity contribution in [3.05, 3.63) is 54.3 Å². The molecule has 1 aromatic carbocycles. The van der Waals surface area contributed by atoms with Gasteiger partial charge in [0.1, 0.15) is 6.26 Å². The largest absolute Gasteiger partial charge is 0.472 e. The van der Waals surface area contributed by atoms with Crippen LogP contribution in [-0.4, -0.2) is 34.2 Å². The summed E-state index contributed by atoms with van der Waals surface area (Å²) < 4.78 is 10.9. The second-order valence-electron chi connectivity index (χ2n) is 8.48. The predicted octanol–water partition coefficient (Wildman–Crippen LogP) is 5.04. The van der Waals surface area contributed by atoms with Crippen LogP contribution in [0.1, 0.15) is 51.0 Å². The maximum Gasteiger partial charge on any atom is 0.321 e. The third kappa shape index (κ3) is 4.34. The molecule has 3 aromatic rings. The number of nitrogens with one attached hydrogen (secondary N) is 1. The van der Waals surface area contributed by atoms with Crippen molar-refractivity contribution in [2.24, 2.45) is 0 Å². The van der Waals surface area contributed by atoms with E-state index in [1.54, 1.807) is 18.6 Å². The number of urea groups is 1. The molecule has 4 rings (SSSR count). The van der Waals surface area contributed by atoms with Crippen molar-refractivity contribution in [1.29, 1.82) is 0 Å². The van der Waals surface area contributed by atoms with E-state index in [1.165, 1.54) is 5.56 Å². The van der Waals surface area contributed by atoms with Gasteiger partial charge in [-0.3, -0.25) is 0 Å². The second-order valence-corrected chi connectivity index (χ2v) is 8.48. The lowest BCUT2D eigenvalue weighted by Crippen LogP contribution is -2.40. The molecular weight excluding hydrogens is 368 g/mol. The Morgan fingerprint density at radius 1 is 1.10 bits per heavy atom. The first-order valence-corrected chi connectivity index (χ1v) is 9.92. The van der Waals surface area contributed by atoms with Crippen molar-refractivity contribution in [2.45, 2.75) is 44.9 Å². The first-order valence-electron chi connectivity index (χ1n) is 9.92. The molecule has 29 heavy (non-hydrogen) atoms. The van der Waals surface area contributed by atoms with Crippen molar-refractivity contribution in [3.8, 4) is 11.5 Å². The lowest BCUT2D eigenvalue weighted by molar-refractivity contribution is 0.190. The number of aromatic nitrogens is 2. The number of piperidine rings is 1. The summed E-state index contributed by atoms with van der Waals surface area (Å²) in [6.45, 7) is 7.82. The monoisotopic (exact) mass is 394 g/mol. The van der Waals surface area contributed by atoms with Crippen LogP contribution in [0.25, 0.3) is 11.5 Å². The van der Waals surface area contributed by atoms with Gasteiger partial charge in [0.15, 0.2) is 0 Å². The fourth-order valence-electron chi connectivity index (χ4n) is 3.49. The number of rotatable bonds is 3. The van der Waals surface area contributed by atoms with Crippen LogP contribution in [0.3, 0.4) is 0 Å². The first-order chi connectivity index (χ1) is 13.9. The number of hydrogen-bond acceptors (Lipinski definition) is 5. The van der Waals surface area contributed by atoms with Gasteiger partial charge in [0.25, 0.3) is 5.89 Å². The molecule has 0 radical (unpaired) electrons. The van der Waals surface area contributed by atoms with Crippen LogP contribution in [0.15, 0.2) is 51.7 Å². The van der Waals surface area contributed by atoms with E-state index >= 15 is 0 Å². The normalized spacial score (nSPS) is 15.5. The lowest BCUT2D eigenvalue weighted by atomic mass is 9.87. The molecule has 0 aliphatic carbocycles. The fourth-order valence-corrected chi connectivity index (χ4v) is 3.49. The summed E-state index contributed by atoms with van der Waals surface area (Å²) in [4.78, 5) is 14.4. The van der Waals surface area contributed by atoms with Gasteiger partial charge in [0.05, 0.1) is 11.8 Å². The van der Waals surface area contributed by atoms with E-state index in [9.17, 15) is 4.79 Å². The van der Waals surface area contributed by atoms with Gasteiger partial charge < -0.3 is 19.1 Å². The Morgan fingerprint density at radius 2 is 1.83 bits per heavy atom. The number of likely N-dealkylation sites (tertiary alicyclic amines) is 1. The summed E-state index contributed by atoms with van der Waals surface area (Å²) in [7, 11) is 0. The number of furan rings is 1. The molecule has 0 unspecified atom stereocenters. The summed E-state index contributed by atoms with van der Waals surface area (Å²) in [5.41, 5.74) is 2.92. The van der Waals surface area contributed by atoms with E-state index in [4.69, 9.17) is 8.83 Å². The molecule has 0 bridgehead atoms. The Balaban J connectivity index is 1.32. The number of hydrogen-bond donors (Lipinski definition) is 1. The summed E-state index contributed by atoms with van der Waals surface area (Å²) in [6, 6.07) is 9.77. The topological polar surface area (TPSA) is 84.4 Å². The van der Waals surface area contributed by atoms with Gasteiger partial charge in [0, 0.05) is 24.7 Å². The minimum absolute atomic E-state index is 0.0726. The fraction of sp³-hybridized carbons (Fsp3) is 0.409. The zero-order chi connectivity index (χ0) is 20.4. The molecule has 0 spiro atoms. The maximum atomic E-state index is 12.6. The number of carbonyl (C=O) groups excluding carboxylic acids is 1. The number of amides is 2. The van der Waals surface area contributed by atoms with E-state index in [-0.39, 0.29) is 17.4 Å². The van der Waals surface area contributed by atoms with Gasteiger partial charge >= 0.3 is 6.03 Å². The highest BCUT2D eigenvalue weighted by molar-refractivity contribution is 5.89. The van der Waals surface area contributed by atoms with Gasteiger partial charge in [-0.25, -0.2) is 4.79 Å². The number of nitrogens with zero attached hydrogens (tertiary/aromatic N) is 3. The standard InChI is InChI=1S/C22H26N4O3/c1-22(2,3)17-4-6-18(7-5-17)23-21(27)26-11-8-15(9-12-26)19-24-25-20(29-19)16-10-13-28-14-16/h4-7,10,13-15H,8-9,11-12H2,1-3H3,(H,23,27). The van der Waals surface area contributed by atoms with Crippen LogP contribution in [-0.2, 0) is 5.41 Å². The molecule has 7 nitrogen and oxygen atoms in total. The second kappa shape index (κ2) is 7.73. The zero-order valence-electron chi connectivity index (χ0n) is 17.0. The van der Waals surface area contributed by atoms with Crippen LogP contribution in [0.2, 0.25) is 0 Å². The number of benzene rings is 1. The van der Waals surface area contributed by atoms with E-state index in [0.29, 0.717) is 24.9 Å². The van der Waals surface area contributed by atoms with E-state index < -0.39 is 0 Å². The molecule has 152 valence electrons. The van der Waals surface area contributed by atoms with Crippen LogP contribution >= 0.6 is 0 Å². The van der Waals surface area contributed by atoms with Crippen molar-refractivity contribution in [2.75, 3.05) is 18.4 Å². The number of anilines is 1. The molecule has 7 heteroatoms. The quantitative estimate of drug-likeness (QED) is 0.673. The first kappa shape index (κ1) is 19.2. The van der Waals surface area contributed by atoms with Gasteiger partial charge in [-0.2, -0.15) is 0 Å². The molecule has 1 N–H and O–H groups in total. The van der Waals surface area contributed by atoms with E-state index in [2.05, 4.69) is 48.4 Å². The van der Waals surface area contributed by atoms with Crippen molar-refractivity contribution in [1.82, 2.24) is 15.1 Å². The summed E-state index contributed by atoms with van der Waals surface area (Å²) >= 11 is 0. The minimum atomic E-state index is -0.0726. The maximum absolute atomic E-state index is 12.6. The molecule has 2 amide bonds. The Hall–Kier alpha value is -3.09. The van der Waals surface area contributed by atoms with E-state index in [0.717, 1.165) is 24.1 Å². The smallest absolute Gasteiger partial charge is 0.321 e. The van der Waals surface area contributed by atoms with Gasteiger partial charge in [-0.05, 0) is 42.0 Å². The Labute approximate surface area is 170 Å². The third-order valence-corrected chi connectivity index (χ3v) is 5.34. The molecule has 0 saturated carbocycles. The lowest BCUT2D eigenvalue weighted by Gasteiger charge is -2.30. The SMILES string of the molecule is CC(C)(C)c1ccc(NC(=O)N2CCC(c3nnc(-c4ccoc4)o3)CC2)cc1. The molecule has 1 aliphatic heterocycles. The molecule has 1 aliphatic rings. The summed E-state index contributed by atoms with van der Waals surface area (Å²) in [5, 5.41) is 11.3. The number of carbonyl (C=O) groups is 1.